The Hall–Kier alpha value is -3.68. The van der Waals surface area contributed by atoms with Crippen LogP contribution in [-0.2, 0) is 11.3 Å². The molecule has 1 aliphatic heterocycles. The lowest BCUT2D eigenvalue weighted by molar-refractivity contribution is -0.0205. The van der Waals surface area contributed by atoms with Crippen molar-refractivity contribution >= 4 is 12.0 Å². The lowest BCUT2D eigenvalue weighted by Gasteiger charge is -2.35. The molecule has 7 nitrogen and oxygen atoms in total. The van der Waals surface area contributed by atoms with Crippen molar-refractivity contribution in [3.8, 4) is 16.9 Å². The van der Waals surface area contributed by atoms with Crippen LogP contribution in [0.15, 0.2) is 78.9 Å². The first-order valence-electron chi connectivity index (χ1n) is 12.6. The quantitative estimate of drug-likeness (QED) is 0.540. The average molecular weight is 503 g/mol. The molecule has 0 saturated carbocycles. The minimum absolute atomic E-state index is 0.137. The van der Waals surface area contributed by atoms with Gasteiger partial charge in [0.1, 0.15) is 5.75 Å². The third kappa shape index (κ3) is 6.18. The van der Waals surface area contributed by atoms with Gasteiger partial charge in [0.05, 0.1) is 31.9 Å². The van der Waals surface area contributed by atoms with Crippen LogP contribution in [0.4, 0.5) is 4.79 Å². The minimum atomic E-state index is -0.485. The molecule has 3 atom stereocenters. The van der Waals surface area contributed by atoms with Gasteiger partial charge in [-0.2, -0.15) is 0 Å². The molecule has 0 spiro atoms. The summed E-state index contributed by atoms with van der Waals surface area (Å²) in [6.07, 6.45) is -0.871. The van der Waals surface area contributed by atoms with Crippen molar-refractivity contribution in [3.05, 3.63) is 90.0 Å². The highest BCUT2D eigenvalue weighted by Crippen LogP contribution is 2.31. The highest BCUT2D eigenvalue weighted by Gasteiger charge is 2.31. The molecule has 0 radical (unpaired) electrons. The van der Waals surface area contributed by atoms with Crippen LogP contribution in [0.5, 0.6) is 5.75 Å². The Morgan fingerprint density at radius 3 is 2.35 bits per heavy atom. The van der Waals surface area contributed by atoms with Gasteiger partial charge < -0.3 is 24.4 Å². The number of fused-ring (bicyclic) bond motifs is 3. The molecule has 4 rings (SSSR count). The van der Waals surface area contributed by atoms with E-state index in [0.29, 0.717) is 24.5 Å². The van der Waals surface area contributed by atoms with E-state index in [-0.39, 0.29) is 37.1 Å². The number of benzene rings is 3. The largest absolute Gasteiger partial charge is 0.415 e. The summed E-state index contributed by atoms with van der Waals surface area (Å²) >= 11 is 0. The molecule has 7 heteroatoms. The summed E-state index contributed by atoms with van der Waals surface area (Å²) < 4.78 is 11.9. The summed E-state index contributed by atoms with van der Waals surface area (Å²) in [7, 11) is 1.68. The van der Waals surface area contributed by atoms with Gasteiger partial charge in [-0.15, -0.1) is 0 Å². The number of nitrogens with zero attached hydrogens (tertiary/aromatic N) is 2. The summed E-state index contributed by atoms with van der Waals surface area (Å²) in [5.74, 6) is 0.189. The number of carbonyl (C=O) groups excluding carboxylic acids is 2. The second-order valence-corrected chi connectivity index (χ2v) is 9.58. The maximum Gasteiger partial charge on any atom is 0.415 e. The molecule has 0 aliphatic carbocycles. The predicted molar refractivity (Wildman–Crippen MR) is 142 cm³/mol. The van der Waals surface area contributed by atoms with Crippen molar-refractivity contribution < 1.29 is 24.2 Å². The number of aliphatic hydroxyl groups is 1. The van der Waals surface area contributed by atoms with Crippen molar-refractivity contribution in [1.82, 2.24) is 9.80 Å². The lowest BCUT2D eigenvalue weighted by Crippen LogP contribution is -2.47. The molecular formula is C30H34N2O5. The van der Waals surface area contributed by atoms with E-state index in [4.69, 9.17) is 9.47 Å². The third-order valence-corrected chi connectivity index (χ3v) is 6.81. The van der Waals surface area contributed by atoms with Crippen molar-refractivity contribution in [2.45, 2.75) is 32.6 Å². The molecule has 3 aromatic carbocycles. The van der Waals surface area contributed by atoms with Gasteiger partial charge in [-0.1, -0.05) is 67.6 Å². The molecule has 1 heterocycles. The SMILES string of the molecule is C[C@H]1CN([C@@H](C)CO)C(=O)c2ccccc2-c2ccccc2CO[C@H]1CN(C)C(=O)Oc1ccccc1. The highest BCUT2D eigenvalue weighted by atomic mass is 16.6. The highest BCUT2D eigenvalue weighted by molar-refractivity contribution is 6.01. The van der Waals surface area contributed by atoms with Crippen LogP contribution in [0, 0.1) is 5.92 Å². The maximum absolute atomic E-state index is 13.9. The third-order valence-electron chi connectivity index (χ3n) is 6.81. The number of likely N-dealkylation sites (N-methyl/N-ethyl adjacent to an activating group) is 1. The van der Waals surface area contributed by atoms with Crippen LogP contribution in [0.3, 0.4) is 0 Å². The summed E-state index contributed by atoms with van der Waals surface area (Å²) in [6.45, 7) is 4.63. The minimum Gasteiger partial charge on any atom is -0.410 e. The van der Waals surface area contributed by atoms with Crippen molar-refractivity contribution in [1.29, 1.82) is 0 Å². The van der Waals surface area contributed by atoms with E-state index >= 15 is 0 Å². The van der Waals surface area contributed by atoms with Gasteiger partial charge in [-0.25, -0.2) is 4.79 Å². The molecule has 0 fully saturated rings. The van der Waals surface area contributed by atoms with E-state index in [9.17, 15) is 14.7 Å². The summed E-state index contributed by atoms with van der Waals surface area (Å²) in [5, 5.41) is 9.97. The average Bonchev–Trinajstić information content (AvgIpc) is 2.94. The topological polar surface area (TPSA) is 79.3 Å². The number of para-hydroxylation sites is 1. The summed E-state index contributed by atoms with van der Waals surface area (Å²) in [6, 6.07) is 24.0. The Bertz CT molecular complexity index is 1220. The van der Waals surface area contributed by atoms with Gasteiger partial charge in [0.2, 0.25) is 0 Å². The first kappa shape index (κ1) is 26.4. The number of hydrogen-bond donors (Lipinski definition) is 1. The van der Waals surface area contributed by atoms with Gasteiger partial charge in [-0.05, 0) is 41.8 Å². The van der Waals surface area contributed by atoms with Crippen LogP contribution >= 0.6 is 0 Å². The molecule has 0 saturated heterocycles. The second kappa shape index (κ2) is 12.0. The molecule has 0 bridgehead atoms. The number of hydrogen-bond acceptors (Lipinski definition) is 5. The molecule has 0 unspecified atom stereocenters. The van der Waals surface area contributed by atoms with Gasteiger partial charge >= 0.3 is 6.09 Å². The Labute approximate surface area is 218 Å². The monoisotopic (exact) mass is 502 g/mol. The Morgan fingerprint density at radius 2 is 1.65 bits per heavy atom. The first-order valence-corrected chi connectivity index (χ1v) is 12.6. The fourth-order valence-electron chi connectivity index (χ4n) is 4.56. The van der Waals surface area contributed by atoms with Crippen LogP contribution in [0.2, 0.25) is 0 Å². The van der Waals surface area contributed by atoms with E-state index < -0.39 is 6.09 Å². The summed E-state index contributed by atoms with van der Waals surface area (Å²) in [5.41, 5.74) is 3.30. The summed E-state index contributed by atoms with van der Waals surface area (Å²) in [4.78, 5) is 29.8. The molecular weight excluding hydrogens is 468 g/mol. The van der Waals surface area contributed by atoms with Gasteiger partial charge in [-0.3, -0.25) is 4.79 Å². The van der Waals surface area contributed by atoms with Gasteiger partial charge in [0.15, 0.2) is 0 Å². The predicted octanol–water partition coefficient (Wildman–Crippen LogP) is 4.84. The zero-order valence-corrected chi connectivity index (χ0v) is 21.5. The normalized spacial score (nSPS) is 18.7. The van der Waals surface area contributed by atoms with E-state index in [2.05, 4.69) is 0 Å². The lowest BCUT2D eigenvalue weighted by atomic mass is 9.94. The van der Waals surface area contributed by atoms with Crippen LogP contribution in [0.25, 0.3) is 11.1 Å². The Balaban J connectivity index is 1.66. The fraction of sp³-hybridized carbons (Fsp3) is 0.333. The Morgan fingerprint density at radius 1 is 1.03 bits per heavy atom. The van der Waals surface area contributed by atoms with Crippen LogP contribution in [0.1, 0.15) is 29.8 Å². The van der Waals surface area contributed by atoms with Gasteiger partial charge in [0, 0.05) is 25.1 Å². The van der Waals surface area contributed by atoms with E-state index in [1.807, 2.05) is 68.4 Å². The zero-order valence-electron chi connectivity index (χ0n) is 21.5. The molecule has 194 valence electrons. The molecule has 1 aliphatic rings. The smallest absolute Gasteiger partial charge is 0.410 e. The van der Waals surface area contributed by atoms with E-state index in [1.165, 1.54) is 4.90 Å². The number of rotatable bonds is 5. The van der Waals surface area contributed by atoms with Crippen LogP contribution in [-0.4, -0.2) is 65.8 Å². The van der Waals surface area contributed by atoms with Gasteiger partial charge in [0.25, 0.3) is 5.91 Å². The molecule has 0 aromatic heterocycles. The van der Waals surface area contributed by atoms with Crippen LogP contribution < -0.4 is 4.74 Å². The standard InChI is InChI=1S/C30H34N2O5/c1-21-17-32(22(2)19-33)29(34)27-16-10-9-15-26(27)25-14-8-7-11-23(25)20-36-28(21)18-31(3)30(35)37-24-12-5-4-6-13-24/h4-16,21-22,28,33H,17-20H2,1-3H3/t21-,22-,28-/m0/s1. The van der Waals surface area contributed by atoms with Crippen molar-refractivity contribution in [2.24, 2.45) is 5.92 Å². The van der Waals surface area contributed by atoms with E-state index in [0.717, 1.165) is 16.7 Å². The van der Waals surface area contributed by atoms with E-state index in [1.54, 1.807) is 36.2 Å². The van der Waals surface area contributed by atoms with Crippen molar-refractivity contribution in [2.75, 3.05) is 26.7 Å². The second-order valence-electron chi connectivity index (χ2n) is 9.58. The number of carbonyl (C=O) groups is 2. The number of amides is 2. The van der Waals surface area contributed by atoms with Crippen molar-refractivity contribution in [3.63, 3.8) is 0 Å². The molecule has 2 amide bonds. The number of aliphatic hydroxyl groups excluding tert-OH is 1. The molecule has 3 aromatic rings. The zero-order chi connectivity index (χ0) is 26.4. The molecule has 1 N–H and O–H groups in total. The molecule has 37 heavy (non-hydrogen) atoms. The fourth-order valence-corrected chi connectivity index (χ4v) is 4.56. The first-order chi connectivity index (χ1) is 17.9. The Kier molecular flexibility index (Phi) is 8.58. The maximum atomic E-state index is 13.9. The number of ether oxygens (including phenoxy) is 2.